The number of halogens is 5. The fourth-order valence-corrected chi connectivity index (χ4v) is 6.31. The number of carbonyl (C=O) groups is 1. The Morgan fingerprint density at radius 1 is 1.18 bits per heavy atom. The molecule has 0 aromatic heterocycles. The molecule has 1 aromatic carbocycles. The van der Waals surface area contributed by atoms with Crippen LogP contribution < -0.4 is 10.2 Å². The number of nitrogens with one attached hydrogen (secondary N) is 1. The molecular weight excluding hydrogens is 527 g/mol. The van der Waals surface area contributed by atoms with Gasteiger partial charge in [0.15, 0.2) is 5.11 Å². The van der Waals surface area contributed by atoms with Crippen LogP contribution in [0.2, 0.25) is 0 Å². The molecule has 208 valence electrons. The van der Waals surface area contributed by atoms with E-state index in [4.69, 9.17) is 22.2 Å². The van der Waals surface area contributed by atoms with Crippen molar-refractivity contribution in [1.29, 1.82) is 5.26 Å². The van der Waals surface area contributed by atoms with Crippen LogP contribution in [-0.2, 0) is 15.7 Å². The third-order valence-corrected chi connectivity index (χ3v) is 8.25. The Hall–Kier alpha value is -2.36. The highest BCUT2D eigenvalue weighted by molar-refractivity contribution is 7.80. The molecular formula is C26H31F5N4O2S. The van der Waals surface area contributed by atoms with Crippen molar-refractivity contribution in [2.75, 3.05) is 24.6 Å². The SMILES string of the molecule is CC1(C)C(=O)N(c2ccc(C#N)c(C(F)(F)F)c2)C(=S)N1C1CCC(OCCC2CCNCC2(F)F)CC1. The smallest absolute Gasteiger partial charge is 0.378 e. The van der Waals surface area contributed by atoms with Crippen molar-refractivity contribution in [2.24, 2.45) is 5.92 Å². The molecule has 3 aliphatic rings. The average molecular weight is 559 g/mol. The van der Waals surface area contributed by atoms with Gasteiger partial charge < -0.3 is 15.0 Å². The van der Waals surface area contributed by atoms with E-state index in [1.54, 1.807) is 24.8 Å². The molecule has 12 heteroatoms. The number of piperidine rings is 1. The summed E-state index contributed by atoms with van der Waals surface area (Å²) in [5, 5.41) is 11.9. The molecule has 1 N–H and O–H groups in total. The number of nitrogens with zero attached hydrogens (tertiary/aromatic N) is 3. The summed E-state index contributed by atoms with van der Waals surface area (Å²) in [7, 11) is 0. The van der Waals surface area contributed by atoms with Crippen LogP contribution in [-0.4, -0.2) is 59.2 Å². The maximum Gasteiger partial charge on any atom is 0.417 e. The van der Waals surface area contributed by atoms with E-state index in [9.17, 15) is 26.7 Å². The number of thiocarbonyl (C=S) groups is 1. The number of ether oxygens (including phenoxy) is 1. The first-order chi connectivity index (χ1) is 17.8. The minimum Gasteiger partial charge on any atom is -0.378 e. The Morgan fingerprint density at radius 3 is 2.47 bits per heavy atom. The zero-order chi connectivity index (χ0) is 27.9. The predicted octanol–water partition coefficient (Wildman–Crippen LogP) is 5.25. The topological polar surface area (TPSA) is 68.6 Å². The zero-order valence-electron chi connectivity index (χ0n) is 21.3. The summed E-state index contributed by atoms with van der Waals surface area (Å²) >= 11 is 5.62. The standard InChI is InChI=1S/C26H31F5N4O2S/c1-24(2)22(36)34(19-4-3-16(14-32)21(13-19)26(29,30)31)23(38)35(24)18-5-7-20(8-6-18)37-12-10-17-9-11-33-15-25(17,27)28/h3-4,13,17-18,20,33H,5-12,15H2,1-2H3. The van der Waals surface area contributed by atoms with Crippen LogP contribution in [0.5, 0.6) is 0 Å². The lowest BCUT2D eigenvalue weighted by molar-refractivity contribution is -0.137. The lowest BCUT2D eigenvalue weighted by Gasteiger charge is -2.41. The molecule has 1 atom stereocenters. The monoisotopic (exact) mass is 558 g/mol. The minimum atomic E-state index is -4.76. The Bertz CT molecular complexity index is 1110. The molecule has 1 saturated carbocycles. The van der Waals surface area contributed by atoms with Gasteiger partial charge in [-0.2, -0.15) is 18.4 Å². The number of rotatable bonds is 6. The molecule has 0 radical (unpaired) electrons. The molecule has 3 fully saturated rings. The number of hydrogen-bond acceptors (Lipinski definition) is 5. The van der Waals surface area contributed by atoms with E-state index >= 15 is 0 Å². The van der Waals surface area contributed by atoms with Gasteiger partial charge in [0.2, 0.25) is 0 Å². The summed E-state index contributed by atoms with van der Waals surface area (Å²) in [6.45, 7) is 3.92. The summed E-state index contributed by atoms with van der Waals surface area (Å²) in [4.78, 5) is 16.3. The molecule has 4 rings (SSSR count). The largest absolute Gasteiger partial charge is 0.417 e. The number of carbonyl (C=O) groups excluding carboxylic acids is 1. The number of anilines is 1. The van der Waals surface area contributed by atoms with Crippen LogP contribution in [0.4, 0.5) is 27.6 Å². The maximum atomic E-state index is 14.0. The van der Waals surface area contributed by atoms with Crippen molar-refractivity contribution in [3.05, 3.63) is 29.3 Å². The summed E-state index contributed by atoms with van der Waals surface area (Å²) in [5.41, 5.74) is -2.77. The fourth-order valence-electron chi connectivity index (χ4n) is 5.74. The van der Waals surface area contributed by atoms with E-state index < -0.39 is 40.6 Å². The normalized spacial score (nSPS) is 27.5. The predicted molar refractivity (Wildman–Crippen MR) is 135 cm³/mol. The van der Waals surface area contributed by atoms with E-state index in [2.05, 4.69) is 5.32 Å². The highest BCUT2D eigenvalue weighted by Crippen LogP contribution is 2.41. The number of alkyl halides is 5. The van der Waals surface area contributed by atoms with Crippen molar-refractivity contribution in [2.45, 2.75) is 82.2 Å². The van der Waals surface area contributed by atoms with Crippen molar-refractivity contribution < 1.29 is 31.5 Å². The molecule has 1 aliphatic carbocycles. The lowest BCUT2D eigenvalue weighted by atomic mass is 9.89. The second-order valence-electron chi connectivity index (χ2n) is 10.7. The second kappa shape index (κ2) is 10.7. The van der Waals surface area contributed by atoms with Crippen LogP contribution in [0, 0.1) is 17.2 Å². The van der Waals surface area contributed by atoms with Crippen LogP contribution in [0.25, 0.3) is 0 Å². The molecule has 6 nitrogen and oxygen atoms in total. The summed E-state index contributed by atoms with van der Waals surface area (Å²) in [5.74, 6) is -3.87. The lowest BCUT2D eigenvalue weighted by Crippen LogP contribution is -2.51. The first kappa shape index (κ1) is 28.6. The van der Waals surface area contributed by atoms with Crippen molar-refractivity contribution >= 4 is 28.9 Å². The van der Waals surface area contributed by atoms with Gasteiger partial charge in [0, 0.05) is 18.6 Å². The average Bonchev–Trinajstić information content (AvgIpc) is 3.03. The molecule has 1 amide bonds. The third-order valence-electron chi connectivity index (χ3n) is 7.87. The van der Waals surface area contributed by atoms with Gasteiger partial charge in [-0.3, -0.25) is 9.69 Å². The van der Waals surface area contributed by atoms with Gasteiger partial charge in [0.05, 0.1) is 35.5 Å². The zero-order valence-corrected chi connectivity index (χ0v) is 22.1. The second-order valence-corrected chi connectivity index (χ2v) is 11.1. The van der Waals surface area contributed by atoms with E-state index in [-0.39, 0.29) is 36.1 Å². The van der Waals surface area contributed by atoms with Gasteiger partial charge in [-0.15, -0.1) is 0 Å². The van der Waals surface area contributed by atoms with Crippen molar-refractivity contribution in [3.63, 3.8) is 0 Å². The first-order valence-corrected chi connectivity index (χ1v) is 13.2. The Labute approximate surface area is 224 Å². The van der Waals surface area contributed by atoms with Gasteiger partial charge in [0.25, 0.3) is 11.8 Å². The quantitative estimate of drug-likeness (QED) is 0.380. The summed E-state index contributed by atoms with van der Waals surface area (Å²) in [6.07, 6.45) is -1.54. The highest BCUT2D eigenvalue weighted by atomic mass is 32.1. The molecule has 0 bridgehead atoms. The minimum absolute atomic E-state index is 0.0337. The van der Waals surface area contributed by atoms with E-state index in [1.165, 1.54) is 6.07 Å². The van der Waals surface area contributed by atoms with E-state index in [1.807, 2.05) is 0 Å². The molecule has 1 aromatic rings. The number of benzene rings is 1. The van der Waals surface area contributed by atoms with Crippen LogP contribution in [0.15, 0.2) is 18.2 Å². The van der Waals surface area contributed by atoms with Crippen LogP contribution >= 0.6 is 12.2 Å². The third kappa shape index (κ3) is 5.51. The fraction of sp³-hybridized carbons (Fsp3) is 0.654. The number of amides is 1. The number of nitriles is 1. The van der Waals surface area contributed by atoms with Gasteiger partial charge >= 0.3 is 6.18 Å². The van der Waals surface area contributed by atoms with Crippen LogP contribution in [0.3, 0.4) is 0 Å². The van der Waals surface area contributed by atoms with Crippen molar-refractivity contribution in [1.82, 2.24) is 10.2 Å². The molecule has 2 saturated heterocycles. The Balaban J connectivity index is 1.41. The summed E-state index contributed by atoms with van der Waals surface area (Å²) in [6, 6.07) is 4.56. The highest BCUT2D eigenvalue weighted by Gasteiger charge is 2.52. The van der Waals surface area contributed by atoms with Crippen LogP contribution in [0.1, 0.15) is 63.5 Å². The molecule has 0 spiro atoms. The Morgan fingerprint density at radius 2 is 1.87 bits per heavy atom. The molecule has 1 unspecified atom stereocenters. The summed E-state index contributed by atoms with van der Waals surface area (Å²) < 4.78 is 74.6. The number of hydrogen-bond donors (Lipinski definition) is 1. The molecule has 2 aliphatic heterocycles. The molecule has 38 heavy (non-hydrogen) atoms. The Kier molecular flexibility index (Phi) is 8.04. The van der Waals surface area contributed by atoms with Gasteiger partial charge in [-0.1, -0.05) is 0 Å². The maximum absolute atomic E-state index is 14.0. The van der Waals surface area contributed by atoms with Gasteiger partial charge in [-0.25, -0.2) is 8.78 Å². The first-order valence-electron chi connectivity index (χ1n) is 12.8. The molecule has 2 heterocycles. The van der Waals surface area contributed by atoms with E-state index in [0.717, 1.165) is 17.0 Å². The van der Waals surface area contributed by atoms with Gasteiger partial charge in [-0.05, 0) is 89.3 Å². The van der Waals surface area contributed by atoms with Crippen molar-refractivity contribution in [3.8, 4) is 6.07 Å². The van der Waals surface area contributed by atoms with Gasteiger partial charge in [0.1, 0.15) is 5.54 Å². The van der Waals surface area contributed by atoms with E-state index in [0.29, 0.717) is 45.1 Å².